The molecule has 0 radical (unpaired) electrons. The molecule has 1 heterocycles. The lowest BCUT2D eigenvalue weighted by molar-refractivity contribution is -0.118. The lowest BCUT2D eigenvalue weighted by atomic mass is 9.92. The minimum atomic E-state index is -3.54. The van der Waals surface area contributed by atoms with Crippen LogP contribution < -0.4 is 10.1 Å². The van der Waals surface area contributed by atoms with Crippen molar-refractivity contribution < 1.29 is 17.9 Å². The van der Waals surface area contributed by atoms with Gasteiger partial charge in [0.2, 0.25) is 15.9 Å². The summed E-state index contributed by atoms with van der Waals surface area (Å²) in [5.74, 6) is 0.909. The Morgan fingerprint density at radius 1 is 1.03 bits per heavy atom. The van der Waals surface area contributed by atoms with Gasteiger partial charge in [-0.1, -0.05) is 30.3 Å². The quantitative estimate of drug-likeness (QED) is 0.568. The summed E-state index contributed by atoms with van der Waals surface area (Å²) in [4.78, 5) is 13.6. The van der Waals surface area contributed by atoms with Crippen LogP contribution in [-0.2, 0) is 26.7 Å². The molecule has 1 N–H and O–H groups in total. The molecule has 5 rings (SSSR count). The molecule has 34 heavy (non-hydrogen) atoms. The normalized spacial score (nSPS) is 16.1. The number of hydrogen-bond donors (Lipinski definition) is 1. The predicted molar refractivity (Wildman–Crippen MR) is 133 cm³/mol. The molecule has 1 amide bonds. The number of aryl methyl sites for hydroxylation is 1. The van der Waals surface area contributed by atoms with Crippen molar-refractivity contribution in [2.45, 2.75) is 36.5 Å². The van der Waals surface area contributed by atoms with Crippen molar-refractivity contribution in [3.63, 3.8) is 0 Å². The summed E-state index contributed by atoms with van der Waals surface area (Å²) in [5.41, 5.74) is 5.08. The highest BCUT2D eigenvalue weighted by atomic mass is 32.2. The summed E-state index contributed by atoms with van der Waals surface area (Å²) in [6, 6.07) is 18.8. The van der Waals surface area contributed by atoms with Crippen LogP contribution in [0.2, 0.25) is 0 Å². The highest BCUT2D eigenvalue weighted by Crippen LogP contribution is 2.50. The van der Waals surface area contributed by atoms with Gasteiger partial charge in [-0.3, -0.25) is 4.79 Å². The minimum Gasteiger partial charge on any atom is -0.493 e. The summed E-state index contributed by atoms with van der Waals surface area (Å²) in [6.07, 6.45) is 2.52. The van der Waals surface area contributed by atoms with Gasteiger partial charge >= 0.3 is 0 Å². The van der Waals surface area contributed by atoms with Gasteiger partial charge in [0.1, 0.15) is 5.75 Å². The van der Waals surface area contributed by atoms with E-state index in [1.54, 1.807) is 18.2 Å². The summed E-state index contributed by atoms with van der Waals surface area (Å²) in [7, 11) is -0.503. The van der Waals surface area contributed by atoms with Crippen molar-refractivity contribution in [3.05, 3.63) is 77.4 Å². The van der Waals surface area contributed by atoms with Gasteiger partial charge < -0.3 is 10.1 Å². The zero-order valence-corrected chi connectivity index (χ0v) is 20.4. The molecule has 0 atom stereocenters. The predicted octanol–water partition coefficient (Wildman–Crippen LogP) is 4.52. The number of benzene rings is 3. The van der Waals surface area contributed by atoms with Crippen LogP contribution >= 0.6 is 0 Å². The van der Waals surface area contributed by atoms with Gasteiger partial charge in [0, 0.05) is 26.2 Å². The number of nitrogens with zero attached hydrogens (tertiary/aromatic N) is 1. The molecule has 2 aliphatic rings. The third-order valence-corrected chi connectivity index (χ3v) is 8.66. The second kappa shape index (κ2) is 8.25. The Bertz CT molecular complexity index is 1390. The average molecular weight is 477 g/mol. The van der Waals surface area contributed by atoms with Gasteiger partial charge in [0.15, 0.2) is 0 Å². The molecule has 7 heteroatoms. The Morgan fingerprint density at radius 3 is 2.56 bits per heavy atom. The second-order valence-corrected chi connectivity index (χ2v) is 11.5. The van der Waals surface area contributed by atoms with Crippen molar-refractivity contribution in [1.29, 1.82) is 0 Å². The Labute approximate surface area is 200 Å². The molecule has 0 spiro atoms. The van der Waals surface area contributed by atoms with Gasteiger partial charge in [-0.25, -0.2) is 12.7 Å². The fourth-order valence-corrected chi connectivity index (χ4v) is 5.50. The van der Waals surface area contributed by atoms with Gasteiger partial charge in [0.05, 0.1) is 16.9 Å². The number of sulfonamides is 1. The van der Waals surface area contributed by atoms with Crippen LogP contribution in [0.5, 0.6) is 5.75 Å². The first-order chi connectivity index (χ1) is 16.2. The Balaban J connectivity index is 1.42. The van der Waals surface area contributed by atoms with E-state index in [9.17, 15) is 13.2 Å². The number of ether oxygens (including phenoxy) is 1. The van der Waals surface area contributed by atoms with Crippen LogP contribution in [0, 0.1) is 6.92 Å². The number of carbonyl (C=O) groups is 1. The molecule has 3 aromatic rings. The van der Waals surface area contributed by atoms with Gasteiger partial charge in [-0.15, -0.1) is 0 Å². The van der Waals surface area contributed by atoms with Crippen LogP contribution in [0.3, 0.4) is 0 Å². The largest absolute Gasteiger partial charge is 0.493 e. The molecule has 0 saturated heterocycles. The maximum atomic E-state index is 13.4. The number of hydrogen-bond acceptors (Lipinski definition) is 4. The minimum absolute atomic E-state index is 0.00916. The van der Waals surface area contributed by atoms with E-state index in [1.165, 1.54) is 24.0 Å². The van der Waals surface area contributed by atoms with Gasteiger partial charge in [0.25, 0.3) is 0 Å². The van der Waals surface area contributed by atoms with Crippen molar-refractivity contribution in [2.75, 3.05) is 26.0 Å². The fourth-order valence-electron chi connectivity index (χ4n) is 4.55. The molecule has 6 nitrogen and oxygen atoms in total. The molecule has 1 saturated carbocycles. The Kier molecular flexibility index (Phi) is 5.49. The second-order valence-electron chi connectivity index (χ2n) is 9.30. The molecule has 0 aromatic heterocycles. The Hall–Kier alpha value is -3.16. The monoisotopic (exact) mass is 476 g/mol. The highest BCUT2D eigenvalue weighted by molar-refractivity contribution is 7.89. The number of fused-ring (bicyclic) bond motifs is 1. The van der Waals surface area contributed by atoms with Gasteiger partial charge in [-0.05, 0) is 77.9 Å². The molecular formula is C27H28N2O4S. The molecule has 1 fully saturated rings. The van der Waals surface area contributed by atoms with Crippen LogP contribution in [-0.4, -0.2) is 39.3 Å². The molecule has 0 bridgehead atoms. The van der Waals surface area contributed by atoms with E-state index in [0.29, 0.717) is 12.3 Å². The van der Waals surface area contributed by atoms with Crippen LogP contribution in [0.25, 0.3) is 11.1 Å². The maximum Gasteiger partial charge on any atom is 0.242 e. The molecular weight excluding hydrogens is 448 g/mol. The summed E-state index contributed by atoms with van der Waals surface area (Å²) in [6.45, 7) is 2.67. The zero-order valence-electron chi connectivity index (χ0n) is 19.6. The standard InChI is InChI=1S/C27H28N2O4S/c1-18-7-9-22(17-24(18)19-5-4-6-23(16-19)34(31,32)29(2)3)28-26(30)27(12-13-27)21-8-10-25-20(15-21)11-14-33-25/h4-10,15-17H,11-14H2,1-3H3,(H,28,30). The van der Waals surface area contributed by atoms with E-state index in [1.807, 2.05) is 43.3 Å². The van der Waals surface area contributed by atoms with E-state index in [4.69, 9.17) is 4.74 Å². The SMILES string of the molecule is Cc1ccc(NC(=O)C2(c3ccc4c(c3)CCO4)CC2)cc1-c1cccc(S(=O)(=O)N(C)C)c1. The molecule has 1 aliphatic carbocycles. The van der Waals surface area contributed by atoms with E-state index >= 15 is 0 Å². The first kappa shape index (κ1) is 22.6. The third-order valence-electron chi connectivity index (χ3n) is 6.85. The lowest BCUT2D eigenvalue weighted by Crippen LogP contribution is -2.27. The number of nitrogens with one attached hydrogen (secondary N) is 1. The average Bonchev–Trinajstić information content (AvgIpc) is 3.51. The van der Waals surface area contributed by atoms with Crippen LogP contribution in [0.1, 0.15) is 29.5 Å². The number of amides is 1. The molecule has 176 valence electrons. The molecule has 0 unspecified atom stereocenters. The lowest BCUT2D eigenvalue weighted by Gasteiger charge is -2.18. The number of anilines is 1. The van der Waals surface area contributed by atoms with Crippen molar-refractivity contribution in [1.82, 2.24) is 4.31 Å². The van der Waals surface area contributed by atoms with E-state index in [2.05, 4.69) is 11.4 Å². The topological polar surface area (TPSA) is 75.7 Å². The summed E-state index contributed by atoms with van der Waals surface area (Å²) < 4.78 is 32.0. The zero-order chi connectivity index (χ0) is 24.1. The van der Waals surface area contributed by atoms with E-state index in [-0.39, 0.29) is 10.8 Å². The fraction of sp³-hybridized carbons (Fsp3) is 0.296. The molecule has 1 aliphatic heterocycles. The first-order valence-electron chi connectivity index (χ1n) is 11.4. The van der Waals surface area contributed by atoms with Crippen molar-refractivity contribution in [3.8, 4) is 16.9 Å². The smallest absolute Gasteiger partial charge is 0.242 e. The molecule has 3 aromatic carbocycles. The third kappa shape index (κ3) is 3.89. The van der Waals surface area contributed by atoms with Crippen LogP contribution in [0.15, 0.2) is 65.6 Å². The highest BCUT2D eigenvalue weighted by Gasteiger charge is 2.51. The summed E-state index contributed by atoms with van der Waals surface area (Å²) >= 11 is 0. The maximum absolute atomic E-state index is 13.4. The van der Waals surface area contributed by atoms with Crippen LogP contribution in [0.4, 0.5) is 5.69 Å². The van der Waals surface area contributed by atoms with Crippen molar-refractivity contribution in [2.24, 2.45) is 0 Å². The number of rotatable bonds is 6. The Morgan fingerprint density at radius 2 is 1.82 bits per heavy atom. The van der Waals surface area contributed by atoms with Crippen molar-refractivity contribution >= 4 is 21.6 Å². The number of carbonyl (C=O) groups excluding carboxylic acids is 1. The van der Waals surface area contributed by atoms with E-state index in [0.717, 1.165) is 47.3 Å². The van der Waals surface area contributed by atoms with Gasteiger partial charge in [-0.2, -0.15) is 0 Å². The van der Waals surface area contributed by atoms with E-state index < -0.39 is 15.4 Å². The first-order valence-corrected chi connectivity index (χ1v) is 12.9. The summed E-state index contributed by atoms with van der Waals surface area (Å²) in [5, 5.41) is 3.11.